The molecule has 2 aromatic rings. The number of nitrogens with zero attached hydrogens (tertiary/aromatic N) is 4. The van der Waals surface area contributed by atoms with Crippen molar-refractivity contribution in [3.63, 3.8) is 0 Å². The number of aromatic amines is 1. The number of hydrogen-bond donors (Lipinski definition) is 2. The smallest absolute Gasteiger partial charge is 0.351 e. The minimum atomic E-state index is -0.436. The second-order valence-corrected chi connectivity index (χ2v) is 2.33. The van der Waals surface area contributed by atoms with E-state index >= 15 is 0 Å². The Hall–Kier alpha value is -1.92. The van der Waals surface area contributed by atoms with E-state index < -0.39 is 5.69 Å². The van der Waals surface area contributed by atoms with Gasteiger partial charge in [-0.25, -0.2) is 4.79 Å². The van der Waals surface area contributed by atoms with Gasteiger partial charge in [0.05, 0.1) is 0 Å². The van der Waals surface area contributed by atoms with E-state index in [-0.39, 0.29) is 5.82 Å². The van der Waals surface area contributed by atoms with Gasteiger partial charge in [-0.05, 0) is 0 Å². The number of nitrogen functional groups attached to an aromatic ring is 1. The van der Waals surface area contributed by atoms with Gasteiger partial charge in [0.1, 0.15) is 0 Å². The molecule has 2 rings (SSSR count). The molecule has 7 heteroatoms. The third kappa shape index (κ3) is 0.698. The highest BCUT2D eigenvalue weighted by Crippen LogP contribution is 2.08. The Kier molecular flexibility index (Phi) is 1.15. The molecule has 0 aliphatic carbocycles. The van der Waals surface area contributed by atoms with Gasteiger partial charge >= 0.3 is 5.69 Å². The van der Waals surface area contributed by atoms with Crippen LogP contribution in [-0.2, 0) is 7.05 Å². The lowest BCUT2D eigenvalue weighted by Gasteiger charge is -1.96. The quantitative estimate of drug-likeness (QED) is 0.502. The molecule has 12 heavy (non-hydrogen) atoms. The topological polar surface area (TPSA) is 102 Å². The molecule has 0 aromatic carbocycles. The predicted molar refractivity (Wildman–Crippen MR) is 41.3 cm³/mol. The lowest BCUT2D eigenvalue weighted by atomic mass is 10.5. The van der Waals surface area contributed by atoms with Gasteiger partial charge in [-0.1, -0.05) is 0 Å². The average molecular weight is 166 g/mol. The van der Waals surface area contributed by atoms with Crippen molar-refractivity contribution in [1.29, 1.82) is 0 Å². The first kappa shape index (κ1) is 6.77. The van der Waals surface area contributed by atoms with E-state index in [9.17, 15) is 4.79 Å². The summed E-state index contributed by atoms with van der Waals surface area (Å²) in [5.41, 5.74) is 5.81. The fourth-order valence-corrected chi connectivity index (χ4v) is 0.953. The molecule has 0 radical (unpaired) electrons. The summed E-state index contributed by atoms with van der Waals surface area (Å²) in [6.45, 7) is 0. The maximum Gasteiger partial charge on any atom is 0.351 e. The van der Waals surface area contributed by atoms with E-state index in [4.69, 9.17) is 5.73 Å². The van der Waals surface area contributed by atoms with Gasteiger partial charge in [0.25, 0.3) is 0 Å². The van der Waals surface area contributed by atoms with Crippen LogP contribution in [0.25, 0.3) is 11.2 Å². The van der Waals surface area contributed by atoms with Gasteiger partial charge < -0.3 is 5.73 Å². The molecule has 0 bridgehead atoms. The summed E-state index contributed by atoms with van der Waals surface area (Å²) < 4.78 is 1.27. The number of nitrogens with two attached hydrogens (primary N) is 1. The Morgan fingerprint density at radius 2 is 2.25 bits per heavy atom. The summed E-state index contributed by atoms with van der Waals surface area (Å²) in [6, 6.07) is 0. The highest BCUT2D eigenvalue weighted by Gasteiger charge is 2.08. The number of aryl methyl sites for hydroxylation is 1. The molecule has 0 spiro atoms. The SMILES string of the molecule is Cn1c(=O)nc(N)c2n[nH]nc21. The molecule has 0 amide bonds. The van der Waals surface area contributed by atoms with Crippen molar-refractivity contribution in [3.8, 4) is 0 Å². The first-order chi connectivity index (χ1) is 5.70. The van der Waals surface area contributed by atoms with Crippen molar-refractivity contribution >= 4 is 17.0 Å². The minimum Gasteiger partial charge on any atom is -0.382 e. The molecule has 3 N–H and O–H groups in total. The molecule has 2 heterocycles. The Labute approximate surface area is 66.2 Å². The number of rotatable bonds is 0. The average Bonchev–Trinajstić information content (AvgIpc) is 2.48. The van der Waals surface area contributed by atoms with Gasteiger partial charge in [-0.15, -0.1) is 5.10 Å². The number of aromatic nitrogens is 5. The molecule has 7 nitrogen and oxygen atoms in total. The molecular formula is C5H6N6O. The summed E-state index contributed by atoms with van der Waals surface area (Å²) >= 11 is 0. The summed E-state index contributed by atoms with van der Waals surface area (Å²) in [6.07, 6.45) is 0. The number of H-pyrrole nitrogens is 1. The third-order valence-electron chi connectivity index (χ3n) is 1.59. The van der Waals surface area contributed by atoms with Gasteiger partial charge in [-0.2, -0.15) is 15.3 Å². The maximum absolute atomic E-state index is 11.0. The van der Waals surface area contributed by atoms with E-state index in [1.54, 1.807) is 7.05 Å². The van der Waals surface area contributed by atoms with Crippen LogP contribution in [0.3, 0.4) is 0 Å². The van der Waals surface area contributed by atoms with E-state index in [0.29, 0.717) is 11.2 Å². The first-order valence-corrected chi connectivity index (χ1v) is 3.23. The first-order valence-electron chi connectivity index (χ1n) is 3.23. The molecule has 2 aromatic heterocycles. The molecule has 0 unspecified atom stereocenters. The Balaban J connectivity index is 3.07. The molecule has 0 atom stereocenters. The Morgan fingerprint density at radius 3 is 3.00 bits per heavy atom. The Morgan fingerprint density at radius 1 is 1.50 bits per heavy atom. The van der Waals surface area contributed by atoms with Gasteiger partial charge in [0.15, 0.2) is 17.0 Å². The lowest BCUT2D eigenvalue weighted by Crippen LogP contribution is -2.21. The summed E-state index contributed by atoms with van der Waals surface area (Å²) in [7, 11) is 1.56. The number of nitrogens with one attached hydrogen (secondary N) is 1. The van der Waals surface area contributed by atoms with Gasteiger partial charge in [0.2, 0.25) is 0 Å². The van der Waals surface area contributed by atoms with Crippen LogP contribution in [0.2, 0.25) is 0 Å². The molecule has 0 fully saturated rings. The van der Waals surface area contributed by atoms with Crippen molar-refractivity contribution in [2.75, 3.05) is 5.73 Å². The fourth-order valence-electron chi connectivity index (χ4n) is 0.953. The van der Waals surface area contributed by atoms with Crippen molar-refractivity contribution in [3.05, 3.63) is 10.5 Å². The molecule has 0 saturated heterocycles. The Bertz CT molecular complexity index is 482. The van der Waals surface area contributed by atoms with Crippen LogP contribution >= 0.6 is 0 Å². The van der Waals surface area contributed by atoms with Crippen LogP contribution in [0.15, 0.2) is 4.79 Å². The number of anilines is 1. The monoisotopic (exact) mass is 166 g/mol. The highest BCUT2D eigenvalue weighted by atomic mass is 16.1. The predicted octanol–water partition coefficient (Wildman–Crippen LogP) is -1.37. The van der Waals surface area contributed by atoms with E-state index in [1.807, 2.05) is 0 Å². The fraction of sp³-hybridized carbons (Fsp3) is 0.200. The van der Waals surface area contributed by atoms with Gasteiger partial charge in [0, 0.05) is 7.05 Å². The van der Waals surface area contributed by atoms with Crippen LogP contribution < -0.4 is 11.4 Å². The van der Waals surface area contributed by atoms with Crippen molar-refractivity contribution in [1.82, 2.24) is 25.0 Å². The van der Waals surface area contributed by atoms with Crippen LogP contribution in [0.5, 0.6) is 0 Å². The van der Waals surface area contributed by atoms with Crippen molar-refractivity contribution in [2.24, 2.45) is 7.05 Å². The van der Waals surface area contributed by atoms with E-state index in [0.717, 1.165) is 0 Å². The van der Waals surface area contributed by atoms with Crippen LogP contribution in [0, 0.1) is 0 Å². The molecular weight excluding hydrogens is 160 g/mol. The molecule has 0 aliphatic rings. The zero-order chi connectivity index (χ0) is 8.72. The second kappa shape index (κ2) is 2.03. The van der Waals surface area contributed by atoms with Crippen molar-refractivity contribution in [2.45, 2.75) is 0 Å². The lowest BCUT2D eigenvalue weighted by molar-refractivity contribution is 0.834. The zero-order valence-electron chi connectivity index (χ0n) is 6.27. The summed E-state index contributed by atoms with van der Waals surface area (Å²) in [4.78, 5) is 14.6. The van der Waals surface area contributed by atoms with Crippen LogP contribution in [-0.4, -0.2) is 25.0 Å². The second-order valence-electron chi connectivity index (χ2n) is 2.33. The van der Waals surface area contributed by atoms with Crippen molar-refractivity contribution < 1.29 is 0 Å². The summed E-state index contributed by atoms with van der Waals surface area (Å²) in [5, 5.41) is 9.85. The number of fused-ring (bicyclic) bond motifs is 1. The molecule has 0 aliphatic heterocycles. The van der Waals surface area contributed by atoms with Gasteiger partial charge in [-0.3, -0.25) is 4.57 Å². The standard InChI is InChI=1S/C5H6N6O/c1-11-4-2(8-10-9-4)3(6)7-5(11)12/h1H3,(H2,6,7,12)(H,8,9,10). The van der Waals surface area contributed by atoms with Crippen LogP contribution in [0.1, 0.15) is 0 Å². The normalized spacial score (nSPS) is 10.8. The van der Waals surface area contributed by atoms with E-state index in [2.05, 4.69) is 20.4 Å². The zero-order valence-corrected chi connectivity index (χ0v) is 6.27. The third-order valence-corrected chi connectivity index (χ3v) is 1.59. The van der Waals surface area contributed by atoms with Crippen LogP contribution in [0.4, 0.5) is 5.82 Å². The molecule has 0 saturated carbocycles. The highest BCUT2D eigenvalue weighted by molar-refractivity contribution is 5.80. The minimum absolute atomic E-state index is 0.0989. The van der Waals surface area contributed by atoms with E-state index in [1.165, 1.54) is 4.57 Å². The molecule has 62 valence electrons. The maximum atomic E-state index is 11.0. The summed E-state index contributed by atoms with van der Waals surface area (Å²) in [5.74, 6) is 0.0989. The largest absolute Gasteiger partial charge is 0.382 e. The number of hydrogen-bond acceptors (Lipinski definition) is 5.